The first kappa shape index (κ1) is 20.9. The van der Waals surface area contributed by atoms with E-state index in [9.17, 15) is 0 Å². The molecule has 1 aliphatic rings. The quantitative estimate of drug-likeness (QED) is 0.331. The molecule has 5 rings (SSSR count). The van der Waals surface area contributed by atoms with Gasteiger partial charge in [0.25, 0.3) is 0 Å². The van der Waals surface area contributed by atoms with Crippen molar-refractivity contribution in [2.75, 3.05) is 0 Å². The summed E-state index contributed by atoms with van der Waals surface area (Å²) in [5.74, 6) is 0.654. The zero-order chi connectivity index (χ0) is 22.8. The number of fused-ring (bicyclic) bond motifs is 4. The highest BCUT2D eigenvalue weighted by Crippen LogP contribution is 2.49. The van der Waals surface area contributed by atoms with E-state index < -0.39 is 0 Å². The normalized spacial score (nSPS) is 14.1. The molecular formula is C30H33N2+. The Balaban J connectivity index is 1.69. The Morgan fingerprint density at radius 3 is 2.38 bits per heavy atom. The van der Waals surface area contributed by atoms with Crippen LogP contribution in [0.15, 0.2) is 54.6 Å². The molecule has 0 unspecified atom stereocenters. The van der Waals surface area contributed by atoms with Gasteiger partial charge in [0.15, 0.2) is 0 Å². The fourth-order valence-corrected chi connectivity index (χ4v) is 5.40. The average Bonchev–Trinajstić information content (AvgIpc) is 2.94. The van der Waals surface area contributed by atoms with Gasteiger partial charge in [-0.05, 0) is 72.7 Å². The molecule has 2 aromatic carbocycles. The van der Waals surface area contributed by atoms with E-state index in [1.54, 1.807) is 0 Å². The van der Waals surface area contributed by atoms with E-state index in [2.05, 4.69) is 108 Å². The zero-order valence-corrected chi connectivity index (χ0v) is 20.4. The third-order valence-corrected chi connectivity index (χ3v) is 7.11. The molecular weight excluding hydrogens is 388 g/mol. The minimum Gasteiger partial charge on any atom is -0.257 e. The van der Waals surface area contributed by atoms with E-state index in [-0.39, 0.29) is 5.41 Å². The number of aromatic nitrogens is 2. The van der Waals surface area contributed by atoms with E-state index in [0.29, 0.717) is 5.92 Å². The molecule has 0 spiro atoms. The third-order valence-electron chi connectivity index (χ3n) is 7.11. The van der Waals surface area contributed by atoms with Gasteiger partial charge in [-0.1, -0.05) is 45.9 Å². The second-order valence-electron chi connectivity index (χ2n) is 10.5. The predicted molar refractivity (Wildman–Crippen MR) is 134 cm³/mol. The minimum atomic E-state index is -0.0982. The summed E-state index contributed by atoms with van der Waals surface area (Å²) in [7, 11) is 2.20. The number of hydrogen-bond acceptors (Lipinski definition) is 1. The molecule has 0 atom stereocenters. The van der Waals surface area contributed by atoms with E-state index in [1.807, 2.05) is 0 Å². The second kappa shape index (κ2) is 7.27. The molecule has 2 nitrogen and oxygen atoms in total. The molecule has 0 aliphatic heterocycles. The predicted octanol–water partition coefficient (Wildman–Crippen LogP) is 6.85. The number of pyridine rings is 2. The molecule has 2 aromatic heterocycles. The van der Waals surface area contributed by atoms with Crippen molar-refractivity contribution in [2.24, 2.45) is 13.0 Å². The van der Waals surface area contributed by atoms with Crippen LogP contribution in [0.25, 0.3) is 33.3 Å². The lowest BCUT2D eigenvalue weighted by Crippen LogP contribution is -2.32. The fraction of sp³-hybridized carbons (Fsp3) is 0.333. The first-order valence-electron chi connectivity index (χ1n) is 11.7. The SMILES string of the molecule is Cc1ccc2c(n1)C(C)(C)c1cc(-c3ccc4ccc(CC(C)C)cc4[n+]3C)c(C)cc1-2. The van der Waals surface area contributed by atoms with Crippen molar-refractivity contribution in [3.63, 3.8) is 0 Å². The molecule has 32 heavy (non-hydrogen) atoms. The van der Waals surface area contributed by atoms with E-state index in [4.69, 9.17) is 4.98 Å². The van der Waals surface area contributed by atoms with Gasteiger partial charge in [0.1, 0.15) is 7.05 Å². The maximum Gasteiger partial charge on any atom is 0.213 e. The Kier molecular flexibility index (Phi) is 4.74. The lowest BCUT2D eigenvalue weighted by atomic mass is 9.83. The summed E-state index contributed by atoms with van der Waals surface area (Å²) in [5.41, 5.74) is 12.7. The molecule has 0 radical (unpaired) electrons. The van der Waals surface area contributed by atoms with Gasteiger partial charge in [0.05, 0.1) is 5.69 Å². The average molecular weight is 422 g/mol. The first-order valence-corrected chi connectivity index (χ1v) is 11.7. The molecule has 2 heterocycles. The molecule has 1 aliphatic carbocycles. The summed E-state index contributed by atoms with van der Waals surface area (Å²) in [6.07, 6.45) is 1.11. The van der Waals surface area contributed by atoms with Crippen LogP contribution in [0.1, 0.15) is 55.8 Å². The fourth-order valence-electron chi connectivity index (χ4n) is 5.40. The number of hydrogen-bond donors (Lipinski definition) is 0. The number of rotatable bonds is 3. The molecule has 0 N–H and O–H groups in total. The highest BCUT2D eigenvalue weighted by Gasteiger charge is 2.38. The van der Waals surface area contributed by atoms with Crippen molar-refractivity contribution < 1.29 is 4.57 Å². The number of aryl methyl sites for hydroxylation is 3. The number of nitrogens with zero attached hydrogens (tertiary/aromatic N) is 2. The van der Waals surface area contributed by atoms with Gasteiger partial charge in [-0.3, -0.25) is 4.98 Å². The zero-order valence-electron chi connectivity index (χ0n) is 20.4. The molecule has 0 bridgehead atoms. The summed E-state index contributed by atoms with van der Waals surface area (Å²) < 4.78 is 2.37. The summed E-state index contributed by atoms with van der Waals surface area (Å²) in [4.78, 5) is 4.94. The van der Waals surface area contributed by atoms with Crippen LogP contribution >= 0.6 is 0 Å². The second-order valence-corrected chi connectivity index (χ2v) is 10.5. The van der Waals surface area contributed by atoms with Crippen LogP contribution < -0.4 is 4.57 Å². The van der Waals surface area contributed by atoms with Crippen LogP contribution in [-0.4, -0.2) is 4.98 Å². The Hall–Kier alpha value is -3.00. The third kappa shape index (κ3) is 3.16. The van der Waals surface area contributed by atoms with Gasteiger partial charge < -0.3 is 0 Å². The van der Waals surface area contributed by atoms with Crippen LogP contribution in [-0.2, 0) is 18.9 Å². The molecule has 0 saturated heterocycles. The molecule has 0 fully saturated rings. The van der Waals surface area contributed by atoms with Crippen LogP contribution in [0.2, 0.25) is 0 Å². The van der Waals surface area contributed by atoms with Crippen LogP contribution in [0.3, 0.4) is 0 Å². The first-order chi connectivity index (χ1) is 15.2. The number of benzene rings is 2. The Morgan fingerprint density at radius 1 is 0.875 bits per heavy atom. The Bertz CT molecular complexity index is 1380. The molecule has 0 amide bonds. The smallest absolute Gasteiger partial charge is 0.213 e. The summed E-state index contributed by atoms with van der Waals surface area (Å²) in [6, 6.07) is 20.6. The molecule has 162 valence electrons. The monoisotopic (exact) mass is 421 g/mol. The van der Waals surface area contributed by atoms with Gasteiger partial charge in [-0.25, -0.2) is 0 Å². The largest absolute Gasteiger partial charge is 0.257 e. The van der Waals surface area contributed by atoms with Gasteiger partial charge >= 0.3 is 0 Å². The van der Waals surface area contributed by atoms with Gasteiger partial charge in [-0.2, -0.15) is 4.57 Å². The van der Waals surface area contributed by atoms with Crippen molar-refractivity contribution in [1.82, 2.24) is 4.98 Å². The lowest BCUT2D eigenvalue weighted by molar-refractivity contribution is -0.633. The van der Waals surface area contributed by atoms with Crippen molar-refractivity contribution in [2.45, 2.75) is 53.4 Å². The van der Waals surface area contributed by atoms with Crippen LogP contribution in [0.5, 0.6) is 0 Å². The van der Waals surface area contributed by atoms with Gasteiger partial charge in [0, 0.05) is 39.8 Å². The van der Waals surface area contributed by atoms with Crippen LogP contribution in [0.4, 0.5) is 0 Å². The summed E-state index contributed by atoms with van der Waals surface area (Å²) in [6.45, 7) is 13.5. The maximum atomic E-state index is 4.94. The Morgan fingerprint density at radius 2 is 1.62 bits per heavy atom. The van der Waals surface area contributed by atoms with Crippen LogP contribution in [0, 0.1) is 19.8 Å². The maximum absolute atomic E-state index is 4.94. The van der Waals surface area contributed by atoms with Gasteiger partial charge in [-0.15, -0.1) is 0 Å². The summed E-state index contributed by atoms with van der Waals surface area (Å²) in [5, 5.41) is 1.29. The topological polar surface area (TPSA) is 16.8 Å². The lowest BCUT2D eigenvalue weighted by Gasteiger charge is -2.21. The highest BCUT2D eigenvalue weighted by molar-refractivity contribution is 5.84. The van der Waals surface area contributed by atoms with E-state index >= 15 is 0 Å². The minimum absolute atomic E-state index is 0.0982. The summed E-state index contributed by atoms with van der Waals surface area (Å²) >= 11 is 0. The van der Waals surface area contributed by atoms with Gasteiger partial charge in [0.2, 0.25) is 11.2 Å². The van der Waals surface area contributed by atoms with Crippen molar-refractivity contribution >= 4 is 10.9 Å². The Labute approximate surface area is 192 Å². The standard InChI is InChI=1S/C30H33N2/c1-18(2)14-21-9-10-22-11-13-27(32(7)28(22)16-21)24-17-26-25(15-19(24)3)23-12-8-20(4)31-29(23)30(26,5)6/h8-13,15-18H,14H2,1-7H3/q+1. The van der Waals surface area contributed by atoms with Crippen molar-refractivity contribution in [3.8, 4) is 22.4 Å². The van der Waals surface area contributed by atoms with E-state index in [1.165, 1.54) is 55.7 Å². The highest BCUT2D eigenvalue weighted by atomic mass is 14.9. The van der Waals surface area contributed by atoms with E-state index in [0.717, 1.165) is 12.1 Å². The molecule has 0 saturated carbocycles. The van der Waals surface area contributed by atoms with Crippen molar-refractivity contribution in [1.29, 1.82) is 0 Å². The molecule has 4 aromatic rings. The molecule has 2 heteroatoms. The van der Waals surface area contributed by atoms with Crippen molar-refractivity contribution in [3.05, 3.63) is 82.7 Å².